The normalized spacial score (nSPS) is 28.5. The van der Waals surface area contributed by atoms with Crippen molar-refractivity contribution in [1.82, 2.24) is 0 Å². The molecule has 0 heterocycles. The molecule has 0 aromatic rings. The third kappa shape index (κ3) is 2.48. The number of aliphatic hydroxyl groups is 1. The van der Waals surface area contributed by atoms with E-state index in [0.29, 0.717) is 11.3 Å². The second-order valence-electron chi connectivity index (χ2n) is 5.03. The van der Waals surface area contributed by atoms with Crippen LogP contribution in [0.4, 0.5) is 0 Å². The number of hydrogen-bond acceptors (Lipinski definition) is 1. The van der Waals surface area contributed by atoms with Gasteiger partial charge in [0.2, 0.25) is 0 Å². The Morgan fingerprint density at radius 3 is 2.46 bits per heavy atom. The summed E-state index contributed by atoms with van der Waals surface area (Å²) in [4.78, 5) is 0. The summed E-state index contributed by atoms with van der Waals surface area (Å²) in [5.41, 5.74) is -0.156. The van der Waals surface area contributed by atoms with Crippen LogP contribution in [0.25, 0.3) is 0 Å². The Balaban J connectivity index is 2.42. The Bertz CT molecular complexity index is 240. The van der Waals surface area contributed by atoms with E-state index in [1.807, 2.05) is 13.8 Å². The van der Waals surface area contributed by atoms with Crippen LogP contribution in [-0.4, -0.2) is 10.7 Å². The second-order valence-corrected chi connectivity index (χ2v) is 5.03. The van der Waals surface area contributed by atoms with Gasteiger partial charge < -0.3 is 5.11 Å². The van der Waals surface area contributed by atoms with Crippen molar-refractivity contribution in [2.24, 2.45) is 11.3 Å². The molecule has 0 spiro atoms. The average Bonchev–Trinajstić information content (AvgIpc) is 2.61. The van der Waals surface area contributed by atoms with Gasteiger partial charge in [0.1, 0.15) is 0 Å². The Labute approximate surface area is 81.5 Å². The largest absolute Gasteiger partial charge is 0.390 e. The maximum atomic E-state index is 10.1. The van der Waals surface area contributed by atoms with Crippen LogP contribution in [0, 0.1) is 23.2 Å². The van der Waals surface area contributed by atoms with Gasteiger partial charge in [-0.2, -0.15) is 0 Å². The van der Waals surface area contributed by atoms with Crippen LogP contribution in [0.3, 0.4) is 0 Å². The van der Waals surface area contributed by atoms with E-state index in [2.05, 4.69) is 25.7 Å². The Kier molecular flexibility index (Phi) is 2.73. The molecule has 1 N–H and O–H groups in total. The smallest absolute Gasteiger partial charge is 0.0662 e. The summed E-state index contributed by atoms with van der Waals surface area (Å²) in [6.45, 7) is 8.23. The molecule has 1 fully saturated rings. The van der Waals surface area contributed by atoms with E-state index < -0.39 is 5.60 Å². The molecule has 13 heavy (non-hydrogen) atoms. The van der Waals surface area contributed by atoms with E-state index in [1.54, 1.807) is 0 Å². The van der Waals surface area contributed by atoms with Crippen molar-refractivity contribution in [1.29, 1.82) is 0 Å². The Morgan fingerprint density at radius 2 is 2.08 bits per heavy atom. The van der Waals surface area contributed by atoms with Gasteiger partial charge in [0, 0.05) is 6.42 Å². The third-order valence-corrected chi connectivity index (χ3v) is 3.20. The molecule has 1 heteroatoms. The molecule has 0 bridgehead atoms. The van der Waals surface area contributed by atoms with Crippen LogP contribution in [-0.2, 0) is 0 Å². The lowest BCUT2D eigenvalue weighted by molar-refractivity contribution is 0.0181. The van der Waals surface area contributed by atoms with Crippen LogP contribution in [0.15, 0.2) is 0 Å². The summed E-state index contributed by atoms with van der Waals surface area (Å²) in [6.07, 6.45) is 2.78. The first kappa shape index (κ1) is 10.6. The van der Waals surface area contributed by atoms with Crippen molar-refractivity contribution >= 4 is 0 Å². The van der Waals surface area contributed by atoms with E-state index in [4.69, 9.17) is 0 Å². The minimum absolute atomic E-state index is 0.350. The van der Waals surface area contributed by atoms with Gasteiger partial charge in [-0.15, -0.1) is 11.8 Å². The second kappa shape index (κ2) is 3.35. The Morgan fingerprint density at radius 1 is 1.54 bits per heavy atom. The summed E-state index contributed by atoms with van der Waals surface area (Å²) in [5.74, 6) is 6.33. The first-order valence-electron chi connectivity index (χ1n) is 5.02. The minimum atomic E-state index is -0.507. The average molecular weight is 180 g/mol. The zero-order valence-electron chi connectivity index (χ0n) is 9.15. The highest BCUT2D eigenvalue weighted by Gasteiger charge is 2.54. The maximum absolute atomic E-state index is 10.1. The molecule has 0 aromatic carbocycles. The molecular formula is C12H20O. The summed E-state index contributed by atoms with van der Waals surface area (Å²) < 4.78 is 0. The van der Waals surface area contributed by atoms with Gasteiger partial charge in [0.15, 0.2) is 0 Å². The molecule has 1 rings (SSSR count). The van der Waals surface area contributed by atoms with Crippen LogP contribution in [0.1, 0.15) is 47.0 Å². The van der Waals surface area contributed by atoms with Crippen molar-refractivity contribution in [3.8, 4) is 11.8 Å². The zero-order chi connectivity index (χ0) is 10.1. The summed E-state index contributed by atoms with van der Waals surface area (Å²) >= 11 is 0. The van der Waals surface area contributed by atoms with Gasteiger partial charge >= 0.3 is 0 Å². The van der Waals surface area contributed by atoms with E-state index in [0.717, 1.165) is 19.3 Å². The first-order chi connectivity index (χ1) is 5.90. The molecule has 0 radical (unpaired) electrons. The van der Waals surface area contributed by atoms with E-state index in [-0.39, 0.29) is 0 Å². The highest BCUT2D eigenvalue weighted by atomic mass is 16.3. The predicted molar refractivity (Wildman–Crippen MR) is 55.2 cm³/mol. The van der Waals surface area contributed by atoms with Gasteiger partial charge in [-0.3, -0.25) is 0 Å². The van der Waals surface area contributed by atoms with Gasteiger partial charge in [0.25, 0.3) is 0 Å². The lowest BCUT2D eigenvalue weighted by atomic mass is 9.90. The van der Waals surface area contributed by atoms with Crippen molar-refractivity contribution in [2.75, 3.05) is 0 Å². The third-order valence-electron chi connectivity index (χ3n) is 3.20. The maximum Gasteiger partial charge on any atom is 0.0662 e. The molecule has 1 nitrogen and oxygen atoms in total. The fourth-order valence-corrected chi connectivity index (χ4v) is 2.14. The van der Waals surface area contributed by atoms with Crippen LogP contribution in [0.2, 0.25) is 0 Å². The standard InChI is InChI=1S/C12H20O/c1-5-6-7-8-12(4,13)10-9-11(10,2)3/h10,13H,7-9H2,1-4H3. The van der Waals surface area contributed by atoms with E-state index in [9.17, 15) is 5.11 Å². The van der Waals surface area contributed by atoms with Gasteiger partial charge in [-0.1, -0.05) is 13.8 Å². The zero-order valence-corrected chi connectivity index (χ0v) is 9.15. The quantitative estimate of drug-likeness (QED) is 0.662. The molecule has 1 aliphatic rings. The monoisotopic (exact) mass is 180 g/mol. The fourth-order valence-electron chi connectivity index (χ4n) is 2.14. The molecule has 0 aromatic heterocycles. The number of rotatable bonds is 3. The van der Waals surface area contributed by atoms with Crippen molar-refractivity contribution < 1.29 is 5.11 Å². The summed E-state index contributed by atoms with van der Waals surface area (Å²) in [7, 11) is 0. The van der Waals surface area contributed by atoms with Crippen LogP contribution >= 0.6 is 0 Å². The van der Waals surface area contributed by atoms with Crippen LogP contribution < -0.4 is 0 Å². The van der Waals surface area contributed by atoms with Crippen LogP contribution in [0.5, 0.6) is 0 Å². The van der Waals surface area contributed by atoms with E-state index in [1.165, 1.54) is 0 Å². The molecule has 0 amide bonds. The molecule has 1 saturated carbocycles. The van der Waals surface area contributed by atoms with Gasteiger partial charge in [-0.05, 0) is 38.0 Å². The highest BCUT2D eigenvalue weighted by Crippen LogP contribution is 2.58. The Hall–Kier alpha value is -0.480. The molecule has 1 aliphatic carbocycles. The lowest BCUT2D eigenvalue weighted by Crippen LogP contribution is -2.28. The van der Waals surface area contributed by atoms with Crippen molar-refractivity contribution in [2.45, 2.75) is 52.6 Å². The predicted octanol–water partition coefficient (Wildman–Crippen LogP) is 2.59. The molecule has 2 atom stereocenters. The van der Waals surface area contributed by atoms with E-state index >= 15 is 0 Å². The van der Waals surface area contributed by atoms with Crippen molar-refractivity contribution in [3.63, 3.8) is 0 Å². The topological polar surface area (TPSA) is 20.2 Å². The fraction of sp³-hybridized carbons (Fsp3) is 0.833. The SMILES string of the molecule is CC#CCCC(C)(O)C1CC1(C)C. The summed E-state index contributed by atoms with van der Waals surface area (Å²) in [5, 5.41) is 10.1. The first-order valence-corrected chi connectivity index (χ1v) is 5.02. The minimum Gasteiger partial charge on any atom is -0.390 e. The molecule has 2 unspecified atom stereocenters. The van der Waals surface area contributed by atoms with Crippen molar-refractivity contribution in [3.05, 3.63) is 0 Å². The number of hydrogen-bond donors (Lipinski definition) is 1. The highest BCUT2D eigenvalue weighted by molar-refractivity contribution is 5.06. The lowest BCUT2D eigenvalue weighted by Gasteiger charge is -2.24. The molecular weight excluding hydrogens is 160 g/mol. The molecule has 0 saturated heterocycles. The molecule has 74 valence electrons. The molecule has 0 aliphatic heterocycles. The van der Waals surface area contributed by atoms with Gasteiger partial charge in [-0.25, -0.2) is 0 Å². The van der Waals surface area contributed by atoms with Gasteiger partial charge in [0.05, 0.1) is 5.60 Å². The summed E-state index contributed by atoms with van der Waals surface area (Å²) in [6, 6.07) is 0.